The van der Waals surface area contributed by atoms with Gasteiger partial charge in [-0.2, -0.15) is 10.5 Å². The summed E-state index contributed by atoms with van der Waals surface area (Å²) in [5, 5.41) is 18.3. The number of hydrogen-bond acceptors (Lipinski definition) is 2. The third kappa shape index (κ3) is 4.42. The zero-order valence-corrected chi connectivity index (χ0v) is 12.3. The third-order valence-electron chi connectivity index (χ3n) is 3.07. The first kappa shape index (κ1) is 15.3. The van der Waals surface area contributed by atoms with Gasteiger partial charge in [-0.3, -0.25) is 0 Å². The molecule has 0 aliphatic heterocycles. The molecule has 0 saturated carbocycles. The predicted molar refractivity (Wildman–Crippen MR) is 77.6 cm³/mol. The van der Waals surface area contributed by atoms with Gasteiger partial charge in [0.15, 0.2) is 0 Å². The highest BCUT2D eigenvalue weighted by molar-refractivity contribution is 5.46. The fourth-order valence-electron chi connectivity index (χ4n) is 2.33. The van der Waals surface area contributed by atoms with Crippen molar-refractivity contribution in [1.82, 2.24) is 0 Å². The van der Waals surface area contributed by atoms with Gasteiger partial charge in [0.25, 0.3) is 0 Å². The molecule has 0 amide bonds. The van der Waals surface area contributed by atoms with Crippen LogP contribution in [0.25, 0.3) is 0 Å². The van der Waals surface area contributed by atoms with Crippen LogP contribution in [-0.4, -0.2) is 0 Å². The van der Waals surface area contributed by atoms with E-state index in [4.69, 9.17) is 5.26 Å². The Balaban J connectivity index is 3.26. The molecular weight excluding hydrogens is 232 g/mol. The van der Waals surface area contributed by atoms with Crippen molar-refractivity contribution < 1.29 is 0 Å². The van der Waals surface area contributed by atoms with Crippen LogP contribution < -0.4 is 0 Å². The van der Waals surface area contributed by atoms with Crippen LogP contribution in [0.15, 0.2) is 12.1 Å². The fourth-order valence-corrected chi connectivity index (χ4v) is 2.33. The summed E-state index contributed by atoms with van der Waals surface area (Å²) in [6, 6.07) is 8.59. The Morgan fingerprint density at radius 2 is 1.47 bits per heavy atom. The molecule has 0 N–H and O–H groups in total. The predicted octanol–water partition coefficient (Wildman–Crippen LogP) is 4.02. The molecule has 19 heavy (non-hydrogen) atoms. The largest absolute Gasteiger partial charge is 0.198 e. The summed E-state index contributed by atoms with van der Waals surface area (Å²) in [7, 11) is 0. The molecule has 0 aromatic heterocycles. The fraction of sp³-hybridized carbons (Fsp3) is 0.529. The molecule has 0 aliphatic rings. The first-order valence-corrected chi connectivity index (χ1v) is 6.89. The van der Waals surface area contributed by atoms with E-state index in [1.807, 2.05) is 6.07 Å². The summed E-state index contributed by atoms with van der Waals surface area (Å²) >= 11 is 0. The van der Waals surface area contributed by atoms with Crippen molar-refractivity contribution in [2.75, 3.05) is 0 Å². The zero-order valence-electron chi connectivity index (χ0n) is 12.3. The van der Waals surface area contributed by atoms with Crippen LogP contribution in [-0.2, 0) is 19.3 Å². The van der Waals surface area contributed by atoms with Crippen molar-refractivity contribution in [3.8, 4) is 12.1 Å². The minimum Gasteiger partial charge on any atom is -0.198 e. The first-order valence-electron chi connectivity index (χ1n) is 6.89. The molecule has 0 fully saturated rings. The lowest BCUT2D eigenvalue weighted by Crippen LogP contribution is -2.05. The van der Waals surface area contributed by atoms with Gasteiger partial charge in [0, 0.05) is 0 Å². The van der Waals surface area contributed by atoms with Crippen molar-refractivity contribution in [2.45, 2.75) is 47.0 Å². The molecule has 0 spiro atoms. The van der Waals surface area contributed by atoms with Crippen LogP contribution in [0, 0.1) is 34.5 Å². The van der Waals surface area contributed by atoms with Gasteiger partial charge < -0.3 is 0 Å². The maximum atomic E-state index is 9.30. The SMILES string of the molecule is CC(C)Cc1cc(CC#N)c(CC(C)C)cc1C#N. The Kier molecular flexibility index (Phi) is 5.58. The third-order valence-corrected chi connectivity index (χ3v) is 3.07. The van der Waals surface area contributed by atoms with Gasteiger partial charge in [0.05, 0.1) is 24.1 Å². The molecule has 1 aromatic rings. The Morgan fingerprint density at radius 1 is 0.895 bits per heavy atom. The molecule has 100 valence electrons. The maximum absolute atomic E-state index is 9.30. The Bertz CT molecular complexity index is 513. The van der Waals surface area contributed by atoms with Crippen LogP contribution in [0.3, 0.4) is 0 Å². The Hall–Kier alpha value is -1.80. The number of rotatable bonds is 5. The van der Waals surface area contributed by atoms with Crippen molar-refractivity contribution in [1.29, 1.82) is 10.5 Å². The van der Waals surface area contributed by atoms with Gasteiger partial charge in [0.1, 0.15) is 0 Å². The molecule has 2 nitrogen and oxygen atoms in total. The summed E-state index contributed by atoms with van der Waals surface area (Å²) in [5.74, 6) is 1.04. The summed E-state index contributed by atoms with van der Waals surface area (Å²) in [5.41, 5.74) is 4.09. The lowest BCUT2D eigenvalue weighted by atomic mass is 9.89. The van der Waals surface area contributed by atoms with Crippen molar-refractivity contribution in [3.05, 3.63) is 34.4 Å². The van der Waals surface area contributed by atoms with E-state index in [9.17, 15) is 5.26 Å². The second-order valence-corrected chi connectivity index (χ2v) is 5.92. The Morgan fingerprint density at radius 3 is 1.95 bits per heavy atom. The number of benzene rings is 1. The van der Waals surface area contributed by atoms with Crippen molar-refractivity contribution in [3.63, 3.8) is 0 Å². The average molecular weight is 254 g/mol. The summed E-state index contributed by atoms with van der Waals surface area (Å²) in [6.45, 7) is 8.61. The van der Waals surface area contributed by atoms with E-state index in [2.05, 4.69) is 45.9 Å². The van der Waals surface area contributed by atoms with Crippen LogP contribution in [0.1, 0.15) is 49.9 Å². The van der Waals surface area contributed by atoms with Gasteiger partial charge >= 0.3 is 0 Å². The monoisotopic (exact) mass is 254 g/mol. The van der Waals surface area contributed by atoms with E-state index in [-0.39, 0.29) is 0 Å². The molecular formula is C17H22N2. The quantitative estimate of drug-likeness (QED) is 0.796. The van der Waals surface area contributed by atoms with Gasteiger partial charge in [-0.05, 0) is 47.4 Å². The standard InChI is InChI=1S/C17H22N2/c1-12(2)7-15-10-17(11-19)16(8-13(3)4)9-14(15)5-6-18/h9-10,12-13H,5,7-8H2,1-4H3. The molecule has 1 rings (SSSR count). The topological polar surface area (TPSA) is 47.6 Å². The molecule has 0 saturated heterocycles. The molecule has 0 heterocycles. The normalized spacial score (nSPS) is 10.5. The average Bonchev–Trinajstić information content (AvgIpc) is 2.31. The number of nitrogens with zero attached hydrogens (tertiary/aromatic N) is 2. The molecule has 0 radical (unpaired) electrons. The van der Waals surface area contributed by atoms with E-state index in [0.29, 0.717) is 18.3 Å². The molecule has 0 aliphatic carbocycles. The molecule has 2 heteroatoms. The molecule has 1 aromatic carbocycles. The lowest BCUT2D eigenvalue weighted by Gasteiger charge is -2.14. The highest BCUT2D eigenvalue weighted by Gasteiger charge is 2.12. The summed E-state index contributed by atoms with van der Waals surface area (Å²) < 4.78 is 0. The van der Waals surface area contributed by atoms with E-state index in [1.165, 1.54) is 0 Å². The van der Waals surface area contributed by atoms with Gasteiger partial charge in [0.2, 0.25) is 0 Å². The van der Waals surface area contributed by atoms with E-state index in [0.717, 1.165) is 35.1 Å². The summed E-state index contributed by atoms with van der Waals surface area (Å²) in [6.07, 6.45) is 2.25. The van der Waals surface area contributed by atoms with E-state index >= 15 is 0 Å². The van der Waals surface area contributed by atoms with Crippen molar-refractivity contribution >= 4 is 0 Å². The van der Waals surface area contributed by atoms with Crippen LogP contribution in [0.4, 0.5) is 0 Å². The Labute approximate surface area is 116 Å². The highest BCUT2D eigenvalue weighted by Crippen LogP contribution is 2.22. The minimum absolute atomic E-state index is 0.429. The molecule has 0 bridgehead atoms. The van der Waals surface area contributed by atoms with E-state index < -0.39 is 0 Å². The maximum Gasteiger partial charge on any atom is 0.0994 e. The van der Waals surface area contributed by atoms with Crippen LogP contribution in [0.5, 0.6) is 0 Å². The van der Waals surface area contributed by atoms with Gasteiger partial charge in [-0.15, -0.1) is 0 Å². The smallest absolute Gasteiger partial charge is 0.0994 e. The van der Waals surface area contributed by atoms with Gasteiger partial charge in [-0.25, -0.2) is 0 Å². The van der Waals surface area contributed by atoms with Crippen LogP contribution >= 0.6 is 0 Å². The second kappa shape index (κ2) is 6.95. The van der Waals surface area contributed by atoms with Crippen molar-refractivity contribution in [2.24, 2.45) is 11.8 Å². The zero-order chi connectivity index (χ0) is 14.4. The van der Waals surface area contributed by atoms with Gasteiger partial charge in [-0.1, -0.05) is 33.8 Å². The minimum atomic E-state index is 0.429. The summed E-state index contributed by atoms with van der Waals surface area (Å²) in [4.78, 5) is 0. The lowest BCUT2D eigenvalue weighted by molar-refractivity contribution is 0.636. The number of nitriles is 2. The van der Waals surface area contributed by atoms with Crippen LogP contribution in [0.2, 0.25) is 0 Å². The molecule has 0 atom stereocenters. The molecule has 0 unspecified atom stereocenters. The first-order chi connectivity index (χ1) is 8.97. The second-order valence-electron chi connectivity index (χ2n) is 5.92. The highest BCUT2D eigenvalue weighted by atomic mass is 14.3. The van der Waals surface area contributed by atoms with E-state index in [1.54, 1.807) is 0 Å². The number of hydrogen-bond donors (Lipinski definition) is 0.